The lowest BCUT2D eigenvalue weighted by atomic mass is 9.88. The third kappa shape index (κ3) is 4.76. The van der Waals surface area contributed by atoms with Crippen LogP contribution in [-0.2, 0) is 10.2 Å². The van der Waals surface area contributed by atoms with Crippen LogP contribution in [0, 0.1) is 0 Å². The molecule has 0 bridgehead atoms. The Morgan fingerprint density at radius 1 is 1.42 bits per heavy atom. The van der Waals surface area contributed by atoms with Gasteiger partial charge in [-0.2, -0.15) is 0 Å². The summed E-state index contributed by atoms with van der Waals surface area (Å²) in [7, 11) is 0. The van der Waals surface area contributed by atoms with E-state index in [1.807, 2.05) is 6.92 Å². The van der Waals surface area contributed by atoms with Gasteiger partial charge in [-0.25, -0.2) is 4.79 Å². The van der Waals surface area contributed by atoms with Crippen LogP contribution in [0.2, 0.25) is 5.22 Å². The third-order valence-corrected chi connectivity index (χ3v) is 2.84. The van der Waals surface area contributed by atoms with Gasteiger partial charge in [0.15, 0.2) is 5.22 Å². The van der Waals surface area contributed by atoms with Crippen LogP contribution in [0.3, 0.4) is 0 Å². The quantitative estimate of drug-likeness (QED) is 0.893. The zero-order valence-electron chi connectivity index (χ0n) is 11.7. The van der Waals surface area contributed by atoms with E-state index in [2.05, 4.69) is 5.32 Å². The molecule has 1 aromatic heterocycles. The molecule has 0 aliphatic heterocycles. The number of rotatable bonds is 4. The second kappa shape index (κ2) is 5.84. The fourth-order valence-corrected chi connectivity index (χ4v) is 1.63. The average Bonchev–Trinajstić information content (AvgIpc) is 2.71. The zero-order chi connectivity index (χ0) is 14.7. The number of amides is 1. The summed E-state index contributed by atoms with van der Waals surface area (Å²) in [5, 5.41) is 2.99. The van der Waals surface area contributed by atoms with Crippen molar-refractivity contribution in [3.05, 3.63) is 23.1 Å². The Morgan fingerprint density at radius 3 is 2.47 bits per heavy atom. The minimum atomic E-state index is -0.531. The molecule has 1 heterocycles. The van der Waals surface area contributed by atoms with Gasteiger partial charge in [0.1, 0.15) is 11.4 Å². The van der Waals surface area contributed by atoms with E-state index in [1.165, 1.54) is 0 Å². The van der Waals surface area contributed by atoms with E-state index in [1.54, 1.807) is 32.9 Å². The molecule has 108 valence electrons. The van der Waals surface area contributed by atoms with Crippen LogP contribution in [0.15, 0.2) is 16.5 Å². The number of carbonyl (C=O) groups excluding carboxylic acids is 1. The Morgan fingerprint density at radius 2 is 2.05 bits per heavy atom. The molecule has 0 saturated carbocycles. The molecule has 0 saturated heterocycles. The van der Waals surface area contributed by atoms with Gasteiger partial charge in [0.25, 0.3) is 0 Å². The van der Waals surface area contributed by atoms with E-state index in [0.29, 0.717) is 24.1 Å². The number of hydrogen-bond donors (Lipinski definition) is 2. The molecule has 1 aromatic rings. The van der Waals surface area contributed by atoms with Gasteiger partial charge in [0, 0.05) is 13.1 Å². The number of ether oxygens (including phenoxy) is 1. The van der Waals surface area contributed by atoms with E-state index in [4.69, 9.17) is 26.5 Å². The van der Waals surface area contributed by atoms with E-state index in [9.17, 15) is 4.79 Å². The van der Waals surface area contributed by atoms with E-state index in [0.717, 1.165) is 0 Å². The molecule has 19 heavy (non-hydrogen) atoms. The maximum atomic E-state index is 11.6. The first-order valence-electron chi connectivity index (χ1n) is 6.09. The van der Waals surface area contributed by atoms with Crippen LogP contribution >= 0.6 is 11.6 Å². The monoisotopic (exact) mass is 288 g/mol. The number of nitrogens with two attached hydrogens (primary N) is 1. The highest BCUT2D eigenvalue weighted by atomic mass is 35.5. The van der Waals surface area contributed by atoms with Gasteiger partial charge in [-0.3, -0.25) is 0 Å². The Kier molecular flexibility index (Phi) is 4.87. The second-order valence-corrected chi connectivity index (χ2v) is 6.10. The number of alkyl carbamates (subject to hydrolysis) is 1. The molecule has 0 fully saturated rings. The topological polar surface area (TPSA) is 77.5 Å². The van der Waals surface area contributed by atoms with Crippen molar-refractivity contribution in [2.75, 3.05) is 13.1 Å². The molecule has 1 unspecified atom stereocenters. The molecular formula is C13H21ClN2O3. The summed E-state index contributed by atoms with van der Waals surface area (Å²) in [6.07, 6.45) is -0.482. The summed E-state index contributed by atoms with van der Waals surface area (Å²) in [5.41, 5.74) is 4.71. The molecular weight excluding hydrogens is 268 g/mol. The highest BCUT2D eigenvalue weighted by Gasteiger charge is 2.30. The standard InChI is InChI=1S/C13H21ClN2O3/c1-12(2,3)19-11(17)16-8-13(4,7-15)9-5-6-10(14)18-9/h5-6H,7-8,15H2,1-4H3,(H,16,17). The SMILES string of the molecule is CC(C)(C)OC(=O)NCC(C)(CN)c1ccc(Cl)o1. The van der Waals surface area contributed by atoms with Crippen LogP contribution in [0.1, 0.15) is 33.5 Å². The fourth-order valence-electron chi connectivity index (χ4n) is 1.48. The lowest BCUT2D eigenvalue weighted by molar-refractivity contribution is 0.0514. The van der Waals surface area contributed by atoms with Gasteiger partial charge in [-0.15, -0.1) is 0 Å². The minimum Gasteiger partial charge on any atom is -0.449 e. The predicted octanol–water partition coefficient (Wildman–Crippen LogP) is 2.67. The smallest absolute Gasteiger partial charge is 0.407 e. The van der Waals surface area contributed by atoms with Crippen molar-refractivity contribution >= 4 is 17.7 Å². The van der Waals surface area contributed by atoms with Crippen LogP contribution in [-0.4, -0.2) is 24.8 Å². The van der Waals surface area contributed by atoms with Crippen molar-refractivity contribution in [2.24, 2.45) is 5.73 Å². The largest absolute Gasteiger partial charge is 0.449 e. The van der Waals surface area contributed by atoms with Gasteiger partial charge in [0.2, 0.25) is 0 Å². The third-order valence-electron chi connectivity index (χ3n) is 2.64. The van der Waals surface area contributed by atoms with Crippen LogP contribution in [0.4, 0.5) is 4.79 Å². The molecule has 6 heteroatoms. The lowest BCUT2D eigenvalue weighted by Gasteiger charge is -2.27. The van der Waals surface area contributed by atoms with Gasteiger partial charge in [-0.1, -0.05) is 0 Å². The molecule has 0 spiro atoms. The number of nitrogens with one attached hydrogen (secondary N) is 1. The molecule has 0 radical (unpaired) electrons. The van der Waals surface area contributed by atoms with Crippen LogP contribution < -0.4 is 11.1 Å². The van der Waals surface area contributed by atoms with Gasteiger partial charge >= 0.3 is 6.09 Å². The summed E-state index contributed by atoms with van der Waals surface area (Å²) >= 11 is 5.75. The Labute approximate surface area is 118 Å². The van der Waals surface area contributed by atoms with E-state index < -0.39 is 17.1 Å². The molecule has 3 N–H and O–H groups in total. The summed E-state index contributed by atoms with van der Waals surface area (Å²) in [6.45, 7) is 7.93. The highest BCUT2D eigenvalue weighted by molar-refractivity contribution is 6.28. The molecule has 0 aromatic carbocycles. The molecule has 1 atom stereocenters. The summed E-state index contributed by atoms with van der Waals surface area (Å²) in [5.74, 6) is 0.635. The zero-order valence-corrected chi connectivity index (χ0v) is 12.5. The van der Waals surface area contributed by atoms with Crippen molar-refractivity contribution in [1.82, 2.24) is 5.32 Å². The van der Waals surface area contributed by atoms with Crippen molar-refractivity contribution in [1.29, 1.82) is 0 Å². The summed E-state index contributed by atoms with van der Waals surface area (Å²) < 4.78 is 10.5. The maximum absolute atomic E-state index is 11.6. The normalized spacial score (nSPS) is 14.8. The van der Waals surface area contributed by atoms with E-state index in [-0.39, 0.29) is 0 Å². The maximum Gasteiger partial charge on any atom is 0.407 e. The lowest BCUT2D eigenvalue weighted by Crippen LogP contribution is -2.45. The predicted molar refractivity (Wildman–Crippen MR) is 74.4 cm³/mol. The van der Waals surface area contributed by atoms with Crippen molar-refractivity contribution in [3.8, 4) is 0 Å². The molecule has 1 amide bonds. The molecule has 5 nitrogen and oxygen atoms in total. The summed E-state index contributed by atoms with van der Waals surface area (Å²) in [6, 6.07) is 3.41. The van der Waals surface area contributed by atoms with Crippen molar-refractivity contribution in [3.63, 3.8) is 0 Å². The van der Waals surface area contributed by atoms with Gasteiger partial charge in [-0.05, 0) is 51.4 Å². The highest BCUT2D eigenvalue weighted by Crippen LogP contribution is 2.26. The first kappa shape index (κ1) is 15.9. The number of furan rings is 1. The van der Waals surface area contributed by atoms with E-state index >= 15 is 0 Å². The first-order chi connectivity index (χ1) is 8.66. The molecule has 0 aliphatic carbocycles. The van der Waals surface area contributed by atoms with Gasteiger partial charge in [0.05, 0.1) is 5.41 Å². The summed E-state index contributed by atoms with van der Waals surface area (Å²) in [4.78, 5) is 11.6. The fraction of sp³-hybridized carbons (Fsp3) is 0.615. The number of hydrogen-bond acceptors (Lipinski definition) is 4. The van der Waals surface area contributed by atoms with Gasteiger partial charge < -0.3 is 20.2 Å². The van der Waals surface area contributed by atoms with Crippen molar-refractivity contribution < 1.29 is 13.9 Å². The molecule has 1 rings (SSSR count). The molecule has 0 aliphatic rings. The number of halogens is 1. The Balaban J connectivity index is 2.65. The first-order valence-corrected chi connectivity index (χ1v) is 6.47. The second-order valence-electron chi connectivity index (χ2n) is 5.72. The Hall–Kier alpha value is -1.20. The van der Waals surface area contributed by atoms with Crippen LogP contribution in [0.25, 0.3) is 0 Å². The van der Waals surface area contributed by atoms with Crippen molar-refractivity contribution in [2.45, 2.75) is 38.7 Å². The number of carbonyl (C=O) groups is 1. The van der Waals surface area contributed by atoms with Crippen LogP contribution in [0.5, 0.6) is 0 Å². The Bertz CT molecular complexity index is 439. The average molecular weight is 289 g/mol. The minimum absolute atomic E-state index is 0.298.